The number of H-pyrrole nitrogens is 1. The van der Waals surface area contributed by atoms with E-state index in [1.165, 1.54) is 6.92 Å². The van der Waals surface area contributed by atoms with Crippen LogP contribution in [-0.2, 0) is 0 Å². The first kappa shape index (κ1) is 12.9. The molecule has 0 aromatic carbocycles. The molecule has 1 aromatic heterocycles. The molecule has 0 aliphatic rings. The Morgan fingerprint density at radius 3 is 2.88 bits per heavy atom. The first-order chi connectivity index (χ1) is 7.97. The van der Waals surface area contributed by atoms with Crippen LogP contribution < -0.4 is 0 Å². The lowest BCUT2D eigenvalue weighted by Gasteiger charge is -2.12. The summed E-state index contributed by atoms with van der Waals surface area (Å²) in [5, 5.41) is 32.8. The molecule has 0 spiro atoms. The zero-order valence-electron chi connectivity index (χ0n) is 8.81. The summed E-state index contributed by atoms with van der Waals surface area (Å²) in [7, 11) is 0. The third-order valence-corrected chi connectivity index (χ3v) is 1.99. The maximum Gasteiger partial charge on any atom is 0.346 e. The second kappa shape index (κ2) is 5.25. The highest BCUT2D eigenvalue weighted by molar-refractivity contribution is 5.30. The van der Waals surface area contributed by atoms with Gasteiger partial charge in [-0.3, -0.25) is 0 Å². The van der Waals surface area contributed by atoms with Crippen LogP contribution in [0, 0.1) is 17.0 Å². The largest absolute Gasteiger partial charge is 0.390 e. The molecule has 0 amide bonds. The highest BCUT2D eigenvalue weighted by atomic mass is 16.6. The first-order valence-corrected chi connectivity index (χ1v) is 4.55. The summed E-state index contributed by atoms with van der Waals surface area (Å²) >= 11 is 0. The quantitative estimate of drug-likeness (QED) is 0.222. The molecular formula is C7H10N6O4. The Labute approximate surface area is 94.7 Å². The van der Waals surface area contributed by atoms with Crippen LogP contribution in [0.5, 0.6) is 0 Å². The van der Waals surface area contributed by atoms with Gasteiger partial charge in [-0.05, 0) is 10.5 Å². The van der Waals surface area contributed by atoms with E-state index in [2.05, 4.69) is 20.0 Å². The van der Waals surface area contributed by atoms with Gasteiger partial charge in [0, 0.05) is 11.8 Å². The van der Waals surface area contributed by atoms with Gasteiger partial charge in [-0.1, -0.05) is 5.11 Å². The highest BCUT2D eigenvalue weighted by Gasteiger charge is 2.29. The average molecular weight is 242 g/mol. The molecule has 0 bridgehead atoms. The summed E-state index contributed by atoms with van der Waals surface area (Å²) in [6.45, 7) is 1.07. The molecule has 0 aliphatic carbocycles. The van der Waals surface area contributed by atoms with Crippen LogP contribution in [0.15, 0.2) is 5.11 Å². The number of nitro groups is 1. The fourth-order valence-corrected chi connectivity index (χ4v) is 1.24. The van der Waals surface area contributed by atoms with Gasteiger partial charge in [0.1, 0.15) is 6.10 Å². The van der Waals surface area contributed by atoms with E-state index in [0.29, 0.717) is 0 Å². The van der Waals surface area contributed by atoms with Crippen molar-refractivity contribution >= 4 is 5.82 Å². The molecule has 10 nitrogen and oxygen atoms in total. The number of nitrogens with zero attached hydrogens (tertiary/aromatic N) is 5. The fraction of sp³-hybridized carbons (Fsp3) is 0.571. The summed E-state index contributed by atoms with van der Waals surface area (Å²) in [5.74, 6) is -0.253. The van der Waals surface area contributed by atoms with Crippen molar-refractivity contribution < 1.29 is 15.1 Å². The molecule has 2 atom stereocenters. The lowest BCUT2D eigenvalue weighted by atomic mass is 10.1. The van der Waals surface area contributed by atoms with E-state index in [9.17, 15) is 20.3 Å². The van der Waals surface area contributed by atoms with Crippen molar-refractivity contribution in [2.75, 3.05) is 6.54 Å². The van der Waals surface area contributed by atoms with E-state index < -0.39 is 29.5 Å². The average Bonchev–Trinajstić information content (AvgIpc) is 2.67. The van der Waals surface area contributed by atoms with Crippen LogP contribution in [0.3, 0.4) is 0 Å². The fourth-order valence-electron chi connectivity index (χ4n) is 1.24. The van der Waals surface area contributed by atoms with Crippen LogP contribution in [0.25, 0.3) is 10.4 Å². The molecule has 0 saturated heterocycles. The molecule has 1 rings (SSSR count). The predicted molar refractivity (Wildman–Crippen MR) is 55.0 cm³/mol. The van der Waals surface area contributed by atoms with Gasteiger partial charge in [0.05, 0.1) is 12.6 Å². The number of azide groups is 1. The summed E-state index contributed by atoms with van der Waals surface area (Å²) < 4.78 is 0. The lowest BCUT2D eigenvalue weighted by Crippen LogP contribution is -2.22. The molecule has 1 aromatic rings. The van der Waals surface area contributed by atoms with Crippen LogP contribution in [0.1, 0.15) is 17.6 Å². The summed E-state index contributed by atoms with van der Waals surface area (Å²) in [4.78, 5) is 18.4. The SMILES string of the molecule is Cc1nc(C(O)C(O)CN=[N+]=[N-])c([N+](=O)[O-])[nH]1. The summed E-state index contributed by atoms with van der Waals surface area (Å²) in [6.07, 6.45) is -3.04. The molecule has 3 N–H and O–H groups in total. The second-order valence-corrected chi connectivity index (χ2v) is 3.24. The topological polar surface area (TPSA) is 161 Å². The van der Waals surface area contributed by atoms with Crippen LogP contribution >= 0.6 is 0 Å². The van der Waals surface area contributed by atoms with Gasteiger partial charge in [0.2, 0.25) is 0 Å². The lowest BCUT2D eigenvalue weighted by molar-refractivity contribution is -0.390. The standard InChI is InChI=1S/C7H10N6O4/c1-3-10-5(7(11-3)13(16)17)6(15)4(14)2-9-12-8/h4,6,14-15H,2H2,1H3,(H,10,11). The minimum atomic E-state index is -1.59. The minimum absolute atomic E-state index is 0.238. The monoisotopic (exact) mass is 242 g/mol. The molecule has 0 saturated carbocycles. The molecule has 10 heteroatoms. The number of rotatable bonds is 5. The normalized spacial score (nSPS) is 13.8. The number of aryl methyl sites for hydroxylation is 1. The Morgan fingerprint density at radius 2 is 2.35 bits per heavy atom. The van der Waals surface area contributed by atoms with Gasteiger partial charge in [-0.15, -0.1) is 0 Å². The van der Waals surface area contributed by atoms with Crippen LogP contribution in [0.2, 0.25) is 0 Å². The zero-order valence-corrected chi connectivity index (χ0v) is 8.81. The van der Waals surface area contributed by atoms with E-state index in [-0.39, 0.29) is 11.5 Å². The van der Waals surface area contributed by atoms with E-state index >= 15 is 0 Å². The second-order valence-electron chi connectivity index (χ2n) is 3.24. The number of aromatic nitrogens is 2. The zero-order chi connectivity index (χ0) is 13.0. The number of hydrogen-bond acceptors (Lipinski definition) is 6. The molecule has 0 fully saturated rings. The number of nitrogens with one attached hydrogen (secondary N) is 1. The Balaban J connectivity index is 2.98. The number of hydrogen-bond donors (Lipinski definition) is 3. The maximum absolute atomic E-state index is 10.6. The minimum Gasteiger partial charge on any atom is -0.390 e. The van der Waals surface area contributed by atoms with Crippen molar-refractivity contribution in [1.29, 1.82) is 0 Å². The Bertz CT molecular complexity index is 465. The van der Waals surface area contributed by atoms with Crippen molar-refractivity contribution in [2.24, 2.45) is 5.11 Å². The van der Waals surface area contributed by atoms with E-state index in [1.54, 1.807) is 0 Å². The number of aliphatic hydroxyl groups excluding tert-OH is 2. The molecule has 2 unspecified atom stereocenters. The van der Waals surface area contributed by atoms with Crippen molar-refractivity contribution in [3.8, 4) is 0 Å². The molecular weight excluding hydrogens is 232 g/mol. The van der Waals surface area contributed by atoms with E-state index in [1.807, 2.05) is 0 Å². The van der Waals surface area contributed by atoms with Gasteiger partial charge in [0.25, 0.3) is 0 Å². The maximum atomic E-state index is 10.6. The predicted octanol–water partition coefficient (Wildman–Crippen LogP) is 0.331. The van der Waals surface area contributed by atoms with Crippen molar-refractivity contribution in [3.05, 3.63) is 32.1 Å². The number of imidazole rings is 1. The Hall–Kier alpha value is -2.16. The molecule has 17 heavy (non-hydrogen) atoms. The van der Waals surface area contributed by atoms with Gasteiger partial charge < -0.3 is 20.3 Å². The first-order valence-electron chi connectivity index (χ1n) is 4.55. The van der Waals surface area contributed by atoms with Crippen molar-refractivity contribution in [3.63, 3.8) is 0 Å². The smallest absolute Gasteiger partial charge is 0.346 e. The molecule has 0 radical (unpaired) electrons. The van der Waals surface area contributed by atoms with Crippen LogP contribution in [0.4, 0.5) is 5.82 Å². The van der Waals surface area contributed by atoms with E-state index in [4.69, 9.17) is 5.53 Å². The van der Waals surface area contributed by atoms with Gasteiger partial charge in [0.15, 0.2) is 11.5 Å². The highest BCUT2D eigenvalue weighted by Crippen LogP contribution is 2.24. The molecule has 0 aliphatic heterocycles. The third-order valence-electron chi connectivity index (χ3n) is 1.99. The van der Waals surface area contributed by atoms with Crippen molar-refractivity contribution in [1.82, 2.24) is 9.97 Å². The van der Waals surface area contributed by atoms with Crippen LogP contribution in [-0.4, -0.2) is 37.8 Å². The van der Waals surface area contributed by atoms with Gasteiger partial charge in [-0.2, -0.15) is 0 Å². The number of aromatic amines is 1. The van der Waals surface area contributed by atoms with Crippen molar-refractivity contribution in [2.45, 2.75) is 19.1 Å². The third kappa shape index (κ3) is 2.91. The molecule has 92 valence electrons. The van der Waals surface area contributed by atoms with Gasteiger partial charge >= 0.3 is 5.82 Å². The Morgan fingerprint density at radius 1 is 1.71 bits per heavy atom. The summed E-state index contributed by atoms with van der Waals surface area (Å²) in [5.41, 5.74) is 7.77. The van der Waals surface area contributed by atoms with Gasteiger partial charge in [-0.25, -0.2) is 9.97 Å². The summed E-state index contributed by atoms with van der Waals surface area (Å²) in [6, 6.07) is 0. The Kier molecular flexibility index (Phi) is 3.99. The van der Waals surface area contributed by atoms with E-state index in [0.717, 1.165) is 0 Å². The number of aliphatic hydroxyl groups is 2. The molecule has 1 heterocycles.